The van der Waals surface area contributed by atoms with Crippen molar-refractivity contribution in [2.45, 2.75) is 59.8 Å². The fraction of sp³-hybridized carbons (Fsp3) is 0.667. The number of aliphatic carboxylic acids is 1. The van der Waals surface area contributed by atoms with Crippen molar-refractivity contribution in [1.82, 2.24) is 0 Å². The van der Waals surface area contributed by atoms with Crippen molar-refractivity contribution in [1.29, 1.82) is 0 Å². The molecular formula is C18H32O4. The molecule has 0 bridgehead atoms. The second kappa shape index (κ2) is 14.4. The van der Waals surface area contributed by atoms with E-state index in [2.05, 4.69) is 20.1 Å². The molecule has 0 spiro atoms. The highest BCUT2D eigenvalue weighted by molar-refractivity contribution is 5.86. The number of esters is 1. The average molecular weight is 312 g/mol. The minimum atomic E-state index is -0.844. The summed E-state index contributed by atoms with van der Waals surface area (Å²) >= 11 is 0. The molecule has 4 nitrogen and oxygen atoms in total. The first kappa shape index (κ1) is 22.7. The van der Waals surface area contributed by atoms with Crippen LogP contribution in [-0.4, -0.2) is 23.7 Å². The zero-order valence-electron chi connectivity index (χ0n) is 14.6. The number of hydrogen-bond donors (Lipinski definition) is 1. The van der Waals surface area contributed by atoms with Gasteiger partial charge in [0.25, 0.3) is 0 Å². The minimum absolute atomic E-state index is 0.170. The first-order valence-corrected chi connectivity index (χ1v) is 8.01. The molecule has 0 aromatic rings. The normalized spacial score (nSPS) is 11.1. The Morgan fingerprint density at radius 3 is 2.18 bits per heavy atom. The zero-order chi connectivity index (χ0) is 17.5. The number of ether oxygens (including phenoxy) is 1. The first-order valence-electron chi connectivity index (χ1n) is 8.01. The highest BCUT2D eigenvalue weighted by atomic mass is 16.5. The van der Waals surface area contributed by atoms with Gasteiger partial charge in [0.05, 0.1) is 6.61 Å². The number of rotatable bonds is 10. The zero-order valence-corrected chi connectivity index (χ0v) is 14.6. The lowest BCUT2D eigenvalue weighted by Gasteiger charge is -2.13. The summed E-state index contributed by atoms with van der Waals surface area (Å²) in [6, 6.07) is 0. The molecule has 1 unspecified atom stereocenters. The van der Waals surface area contributed by atoms with Gasteiger partial charge in [0, 0.05) is 11.6 Å². The van der Waals surface area contributed by atoms with E-state index in [0.717, 1.165) is 19.3 Å². The molecular weight excluding hydrogens is 280 g/mol. The SMILES string of the molecule is C=C(C(=O)O)C(CC)CCCCC.C=CC(=O)OCC(C)C. The summed E-state index contributed by atoms with van der Waals surface area (Å²) in [4.78, 5) is 21.0. The Balaban J connectivity index is 0. The van der Waals surface area contributed by atoms with E-state index in [0.29, 0.717) is 18.1 Å². The van der Waals surface area contributed by atoms with Crippen LogP contribution >= 0.6 is 0 Å². The van der Waals surface area contributed by atoms with Gasteiger partial charge in [-0.25, -0.2) is 9.59 Å². The van der Waals surface area contributed by atoms with Crippen LogP contribution in [0.1, 0.15) is 59.8 Å². The van der Waals surface area contributed by atoms with Crippen molar-refractivity contribution in [2.75, 3.05) is 6.61 Å². The van der Waals surface area contributed by atoms with Gasteiger partial charge in [-0.2, -0.15) is 0 Å². The summed E-state index contributed by atoms with van der Waals surface area (Å²) in [6.45, 7) is 15.5. The predicted molar refractivity (Wildman–Crippen MR) is 90.7 cm³/mol. The molecule has 0 aliphatic rings. The van der Waals surface area contributed by atoms with E-state index in [-0.39, 0.29) is 11.9 Å². The summed E-state index contributed by atoms with van der Waals surface area (Å²) in [6.07, 6.45) is 6.49. The number of hydrogen-bond acceptors (Lipinski definition) is 3. The molecule has 0 saturated heterocycles. The molecule has 0 aliphatic carbocycles. The first-order chi connectivity index (χ1) is 10.3. The Hall–Kier alpha value is -1.58. The highest BCUT2D eigenvalue weighted by Crippen LogP contribution is 2.20. The lowest BCUT2D eigenvalue weighted by molar-refractivity contribution is -0.138. The number of unbranched alkanes of at least 4 members (excludes halogenated alkanes) is 2. The van der Waals surface area contributed by atoms with Crippen molar-refractivity contribution < 1.29 is 19.4 Å². The maximum absolute atomic E-state index is 10.6. The van der Waals surface area contributed by atoms with Crippen LogP contribution in [0.4, 0.5) is 0 Å². The lowest BCUT2D eigenvalue weighted by Crippen LogP contribution is -2.10. The molecule has 0 heterocycles. The van der Waals surface area contributed by atoms with Gasteiger partial charge in [-0.05, 0) is 24.7 Å². The standard InChI is InChI=1S/C11H20O2.C7H12O2/c1-4-6-7-8-10(5-2)9(3)11(12)13;1-4-7(8)9-5-6(2)3/h10H,3-8H2,1-2H3,(H,12,13);4,6H,1,5H2,2-3H3. The Labute approximate surface area is 135 Å². The molecule has 1 atom stereocenters. The highest BCUT2D eigenvalue weighted by Gasteiger charge is 2.15. The minimum Gasteiger partial charge on any atom is -0.478 e. The van der Waals surface area contributed by atoms with E-state index in [4.69, 9.17) is 9.84 Å². The number of carboxylic acids is 1. The predicted octanol–water partition coefficient (Wildman–Crippen LogP) is 4.61. The quantitative estimate of drug-likeness (QED) is 0.363. The van der Waals surface area contributed by atoms with E-state index in [1.54, 1.807) is 0 Å². The van der Waals surface area contributed by atoms with Crippen molar-refractivity contribution in [3.05, 3.63) is 24.8 Å². The van der Waals surface area contributed by atoms with Crippen molar-refractivity contribution in [2.24, 2.45) is 11.8 Å². The van der Waals surface area contributed by atoms with Crippen molar-refractivity contribution in [3.8, 4) is 0 Å². The van der Waals surface area contributed by atoms with E-state index >= 15 is 0 Å². The van der Waals surface area contributed by atoms with E-state index in [9.17, 15) is 9.59 Å². The number of carbonyl (C=O) groups excluding carboxylic acids is 1. The molecule has 0 aromatic heterocycles. The Morgan fingerprint density at radius 2 is 1.82 bits per heavy atom. The Kier molecular flexibility index (Phi) is 14.8. The summed E-state index contributed by atoms with van der Waals surface area (Å²) in [5, 5.41) is 8.74. The fourth-order valence-electron chi connectivity index (χ4n) is 1.75. The van der Waals surface area contributed by atoms with Crippen molar-refractivity contribution in [3.63, 3.8) is 0 Å². The molecule has 0 radical (unpaired) electrons. The van der Waals surface area contributed by atoms with E-state index < -0.39 is 5.97 Å². The summed E-state index contributed by atoms with van der Waals surface area (Å²) < 4.78 is 4.70. The van der Waals surface area contributed by atoms with E-state index in [1.165, 1.54) is 18.9 Å². The third-order valence-corrected chi connectivity index (χ3v) is 3.14. The summed E-state index contributed by atoms with van der Waals surface area (Å²) in [7, 11) is 0. The van der Waals surface area contributed by atoms with Crippen LogP contribution in [-0.2, 0) is 14.3 Å². The van der Waals surface area contributed by atoms with Crippen LogP contribution in [0.15, 0.2) is 24.8 Å². The molecule has 0 aliphatic heterocycles. The third-order valence-electron chi connectivity index (χ3n) is 3.14. The molecule has 0 saturated carbocycles. The van der Waals surface area contributed by atoms with Gasteiger partial charge in [0.2, 0.25) is 0 Å². The molecule has 1 N–H and O–H groups in total. The topological polar surface area (TPSA) is 63.6 Å². The van der Waals surface area contributed by atoms with Crippen LogP contribution < -0.4 is 0 Å². The van der Waals surface area contributed by atoms with Gasteiger partial charge >= 0.3 is 11.9 Å². The van der Waals surface area contributed by atoms with E-state index in [1.807, 2.05) is 20.8 Å². The molecule has 22 heavy (non-hydrogen) atoms. The van der Waals surface area contributed by atoms with Crippen LogP contribution in [0.25, 0.3) is 0 Å². The van der Waals surface area contributed by atoms with Crippen LogP contribution in [0, 0.1) is 11.8 Å². The summed E-state index contributed by atoms with van der Waals surface area (Å²) in [5.74, 6) is -0.620. The monoisotopic (exact) mass is 312 g/mol. The molecule has 0 amide bonds. The second-order valence-corrected chi connectivity index (χ2v) is 5.66. The smallest absolute Gasteiger partial charge is 0.331 e. The van der Waals surface area contributed by atoms with Crippen LogP contribution in [0.5, 0.6) is 0 Å². The number of carbonyl (C=O) groups is 2. The molecule has 0 rings (SSSR count). The van der Waals surface area contributed by atoms with Crippen LogP contribution in [0.3, 0.4) is 0 Å². The lowest BCUT2D eigenvalue weighted by atomic mass is 9.92. The number of carboxylic acid groups (broad SMARTS) is 1. The average Bonchev–Trinajstić information content (AvgIpc) is 2.49. The van der Waals surface area contributed by atoms with Gasteiger partial charge in [-0.15, -0.1) is 0 Å². The van der Waals surface area contributed by atoms with Gasteiger partial charge < -0.3 is 9.84 Å². The van der Waals surface area contributed by atoms with Gasteiger partial charge in [0.1, 0.15) is 0 Å². The van der Waals surface area contributed by atoms with Gasteiger partial charge in [-0.3, -0.25) is 0 Å². The Morgan fingerprint density at radius 1 is 1.23 bits per heavy atom. The molecule has 0 fully saturated rings. The molecule has 0 aromatic carbocycles. The fourth-order valence-corrected chi connectivity index (χ4v) is 1.75. The second-order valence-electron chi connectivity index (χ2n) is 5.66. The van der Waals surface area contributed by atoms with Crippen molar-refractivity contribution >= 4 is 11.9 Å². The maximum Gasteiger partial charge on any atom is 0.331 e. The third kappa shape index (κ3) is 13.4. The van der Waals surface area contributed by atoms with Gasteiger partial charge in [0.15, 0.2) is 0 Å². The molecule has 4 heteroatoms. The summed E-state index contributed by atoms with van der Waals surface area (Å²) in [5.41, 5.74) is 0.374. The Bertz CT molecular complexity index is 345. The largest absolute Gasteiger partial charge is 0.478 e. The maximum atomic E-state index is 10.6. The van der Waals surface area contributed by atoms with Crippen LogP contribution in [0.2, 0.25) is 0 Å². The van der Waals surface area contributed by atoms with Gasteiger partial charge in [-0.1, -0.05) is 60.1 Å². The molecule has 128 valence electrons.